The lowest BCUT2D eigenvalue weighted by Gasteiger charge is -2.32. The van der Waals surface area contributed by atoms with Gasteiger partial charge in [-0.3, -0.25) is 19.4 Å². The zero-order valence-electron chi connectivity index (χ0n) is 18.2. The van der Waals surface area contributed by atoms with Gasteiger partial charge in [0.25, 0.3) is 0 Å². The lowest BCUT2D eigenvalue weighted by atomic mass is 9.90. The van der Waals surface area contributed by atoms with Gasteiger partial charge in [-0.05, 0) is 31.8 Å². The van der Waals surface area contributed by atoms with Crippen LogP contribution in [0.2, 0.25) is 0 Å². The molecular weight excluding hydrogens is 360 g/mol. The van der Waals surface area contributed by atoms with Crippen molar-refractivity contribution in [2.45, 2.75) is 33.6 Å². The van der Waals surface area contributed by atoms with Gasteiger partial charge in [0.1, 0.15) is 0 Å². The Morgan fingerprint density at radius 2 is 1.14 bits per heavy atom. The van der Waals surface area contributed by atoms with Crippen LogP contribution < -0.4 is 0 Å². The highest BCUT2D eigenvalue weighted by Crippen LogP contribution is 2.20. The molecule has 0 aromatic rings. The van der Waals surface area contributed by atoms with Crippen LogP contribution in [0.3, 0.4) is 0 Å². The van der Waals surface area contributed by atoms with Gasteiger partial charge >= 0.3 is 11.9 Å². The third kappa shape index (κ3) is 12.3. The van der Waals surface area contributed by atoms with E-state index in [-0.39, 0.29) is 13.1 Å². The number of aliphatic carboxylic acids is 2. The molecule has 0 unspecified atom stereocenters. The van der Waals surface area contributed by atoms with Gasteiger partial charge in [0.2, 0.25) is 0 Å². The molecule has 164 valence electrons. The van der Waals surface area contributed by atoms with E-state index in [1.54, 1.807) is 0 Å². The Kier molecular flexibility index (Phi) is 11.0. The molecule has 1 heterocycles. The van der Waals surface area contributed by atoms with Crippen molar-refractivity contribution >= 4 is 11.9 Å². The molecule has 1 aliphatic rings. The van der Waals surface area contributed by atoms with E-state index in [2.05, 4.69) is 30.6 Å². The minimum absolute atomic E-state index is 0.0643. The number of rotatable bonds is 7. The minimum Gasteiger partial charge on any atom is -0.480 e. The lowest BCUT2D eigenvalue weighted by molar-refractivity contribution is -0.139. The molecule has 0 aliphatic carbocycles. The normalized spacial score (nSPS) is 20.4. The van der Waals surface area contributed by atoms with Crippen LogP contribution in [-0.4, -0.2) is 121 Å². The summed E-state index contributed by atoms with van der Waals surface area (Å²) in [6.45, 7) is 13.8. The second-order valence-electron chi connectivity index (χ2n) is 9.15. The van der Waals surface area contributed by atoms with E-state index in [0.29, 0.717) is 31.6 Å². The van der Waals surface area contributed by atoms with Gasteiger partial charge in [-0.1, -0.05) is 20.8 Å². The van der Waals surface area contributed by atoms with Crippen molar-refractivity contribution in [2.24, 2.45) is 5.41 Å². The van der Waals surface area contributed by atoms with E-state index in [1.807, 2.05) is 16.8 Å². The second kappa shape index (κ2) is 12.4. The van der Waals surface area contributed by atoms with Crippen molar-refractivity contribution in [2.75, 3.05) is 79.0 Å². The Labute approximate surface area is 170 Å². The van der Waals surface area contributed by atoms with Crippen LogP contribution >= 0.6 is 0 Å². The van der Waals surface area contributed by atoms with Crippen molar-refractivity contribution < 1.29 is 19.8 Å². The quantitative estimate of drug-likeness (QED) is 0.650. The molecule has 1 aliphatic heterocycles. The smallest absolute Gasteiger partial charge is 0.317 e. The van der Waals surface area contributed by atoms with Crippen LogP contribution in [0, 0.1) is 5.41 Å². The second-order valence-corrected chi connectivity index (χ2v) is 9.15. The summed E-state index contributed by atoms with van der Waals surface area (Å²) in [5.74, 6) is -1.58. The first-order valence-electron chi connectivity index (χ1n) is 10.3. The lowest BCUT2D eigenvalue weighted by Crippen LogP contribution is -2.47. The average Bonchev–Trinajstić information content (AvgIpc) is 2.55. The summed E-state index contributed by atoms with van der Waals surface area (Å²) < 4.78 is 0. The topological polar surface area (TPSA) is 87.6 Å². The van der Waals surface area contributed by atoms with Crippen LogP contribution in [0.15, 0.2) is 0 Å². The summed E-state index contributed by atoms with van der Waals surface area (Å²) in [6, 6.07) is 0. The standard InChI is InChI=1S/C20H40N4O4/c1-20(2,3)6-5-7-22-12-14-23(16-18(25)26)10-8-21(4)9-11-24(15-13-22)17-19(27)28/h5-17H2,1-4H3,(H,25,26)(H,27,28). The van der Waals surface area contributed by atoms with Crippen LogP contribution in [-0.2, 0) is 9.59 Å². The van der Waals surface area contributed by atoms with Crippen molar-refractivity contribution in [3.05, 3.63) is 0 Å². The summed E-state index contributed by atoms with van der Waals surface area (Å²) in [5.41, 5.74) is 0.293. The first-order chi connectivity index (χ1) is 13.0. The van der Waals surface area contributed by atoms with E-state index in [0.717, 1.165) is 45.6 Å². The fourth-order valence-electron chi connectivity index (χ4n) is 3.39. The van der Waals surface area contributed by atoms with E-state index in [9.17, 15) is 19.8 Å². The fourth-order valence-corrected chi connectivity index (χ4v) is 3.39. The third-order valence-corrected chi connectivity index (χ3v) is 5.18. The number of carboxylic acids is 2. The van der Waals surface area contributed by atoms with Gasteiger partial charge in [-0.15, -0.1) is 0 Å². The first kappa shape index (κ1) is 24.8. The number of nitrogens with zero attached hydrogens (tertiary/aromatic N) is 4. The Hall–Kier alpha value is -1.22. The molecule has 0 atom stereocenters. The largest absolute Gasteiger partial charge is 0.480 e. The van der Waals surface area contributed by atoms with Gasteiger partial charge < -0.3 is 20.0 Å². The van der Waals surface area contributed by atoms with Crippen molar-refractivity contribution in [3.63, 3.8) is 0 Å². The molecule has 0 spiro atoms. The maximum atomic E-state index is 11.2. The van der Waals surface area contributed by atoms with Gasteiger partial charge in [0, 0.05) is 52.4 Å². The summed E-state index contributed by atoms with van der Waals surface area (Å²) in [4.78, 5) is 30.9. The molecule has 2 N–H and O–H groups in total. The Balaban J connectivity index is 2.75. The fraction of sp³-hybridized carbons (Fsp3) is 0.900. The Bertz CT molecular complexity index is 449. The molecule has 8 nitrogen and oxygen atoms in total. The predicted molar refractivity (Wildman–Crippen MR) is 111 cm³/mol. The van der Waals surface area contributed by atoms with Gasteiger partial charge in [0.05, 0.1) is 13.1 Å². The SMILES string of the molecule is CN1CCN(CC(=O)O)CCN(CCCC(C)(C)C)CCN(CC(=O)O)CC1. The van der Waals surface area contributed by atoms with Crippen LogP contribution in [0.5, 0.6) is 0 Å². The molecule has 28 heavy (non-hydrogen) atoms. The highest BCUT2D eigenvalue weighted by Gasteiger charge is 2.18. The van der Waals surface area contributed by atoms with Crippen LogP contribution in [0.4, 0.5) is 0 Å². The maximum absolute atomic E-state index is 11.2. The van der Waals surface area contributed by atoms with E-state index >= 15 is 0 Å². The molecule has 0 aromatic heterocycles. The molecule has 0 amide bonds. The molecule has 8 heteroatoms. The average molecular weight is 401 g/mol. The van der Waals surface area contributed by atoms with E-state index in [1.165, 1.54) is 0 Å². The van der Waals surface area contributed by atoms with Crippen molar-refractivity contribution in [1.82, 2.24) is 19.6 Å². The number of hydrogen-bond donors (Lipinski definition) is 2. The highest BCUT2D eigenvalue weighted by atomic mass is 16.4. The summed E-state index contributed by atoms with van der Waals surface area (Å²) >= 11 is 0. The zero-order valence-corrected chi connectivity index (χ0v) is 18.2. The van der Waals surface area contributed by atoms with Gasteiger partial charge in [-0.25, -0.2) is 0 Å². The monoisotopic (exact) mass is 400 g/mol. The van der Waals surface area contributed by atoms with E-state index < -0.39 is 11.9 Å². The molecule has 0 aromatic carbocycles. The van der Waals surface area contributed by atoms with Crippen molar-refractivity contribution in [3.8, 4) is 0 Å². The summed E-state index contributed by atoms with van der Waals surface area (Å²) in [5, 5.41) is 18.4. The van der Waals surface area contributed by atoms with Gasteiger partial charge in [0.15, 0.2) is 0 Å². The highest BCUT2D eigenvalue weighted by molar-refractivity contribution is 5.69. The van der Waals surface area contributed by atoms with Crippen LogP contribution in [0.1, 0.15) is 33.6 Å². The molecular formula is C20H40N4O4. The Morgan fingerprint density at radius 1 is 0.750 bits per heavy atom. The predicted octanol–water partition coefficient (Wildman–Crippen LogP) is 0.833. The third-order valence-electron chi connectivity index (χ3n) is 5.18. The minimum atomic E-state index is -0.790. The van der Waals surface area contributed by atoms with Crippen LogP contribution in [0.25, 0.3) is 0 Å². The summed E-state index contributed by atoms with van der Waals surface area (Å²) in [7, 11) is 2.00. The molecule has 1 rings (SSSR count). The van der Waals surface area contributed by atoms with E-state index in [4.69, 9.17) is 0 Å². The number of hydrogen-bond acceptors (Lipinski definition) is 6. The molecule has 1 saturated heterocycles. The van der Waals surface area contributed by atoms with Crippen molar-refractivity contribution in [1.29, 1.82) is 0 Å². The molecule has 0 bridgehead atoms. The molecule has 1 fully saturated rings. The maximum Gasteiger partial charge on any atom is 0.317 e. The summed E-state index contributed by atoms with van der Waals surface area (Å²) in [6.07, 6.45) is 2.22. The van der Waals surface area contributed by atoms with Gasteiger partial charge in [-0.2, -0.15) is 0 Å². The number of carbonyl (C=O) groups is 2. The number of likely N-dealkylation sites (N-methyl/N-ethyl adjacent to an activating group) is 1. The zero-order chi connectivity index (χ0) is 21.2. The molecule has 0 saturated carbocycles. The number of carboxylic acid groups (broad SMARTS) is 2. The first-order valence-corrected chi connectivity index (χ1v) is 10.3. The Morgan fingerprint density at radius 3 is 1.54 bits per heavy atom. The molecule has 0 radical (unpaired) electrons.